The number of nitrogens with zero attached hydrogens (tertiary/aromatic N) is 2. The molecule has 0 aliphatic carbocycles. The Morgan fingerprint density at radius 3 is 2.67 bits per heavy atom. The molecule has 30 heavy (non-hydrogen) atoms. The van der Waals surface area contributed by atoms with E-state index in [9.17, 15) is 4.79 Å². The monoisotopic (exact) mass is 427 g/mol. The fourth-order valence-corrected chi connectivity index (χ4v) is 4.18. The normalized spacial score (nSPS) is 17.3. The highest BCUT2D eigenvalue weighted by Crippen LogP contribution is 2.41. The molecule has 0 saturated carbocycles. The molecule has 2 aliphatic rings. The first-order chi connectivity index (χ1) is 14.7. The highest BCUT2D eigenvalue weighted by Gasteiger charge is 2.40. The Bertz CT molecular complexity index is 933. The summed E-state index contributed by atoms with van der Waals surface area (Å²) in [4.78, 5) is 19.2. The number of carbonyl (C=O) groups excluding carboxylic acids is 1. The van der Waals surface area contributed by atoms with Gasteiger partial charge in [0.1, 0.15) is 11.8 Å². The van der Waals surface area contributed by atoms with E-state index in [0.717, 1.165) is 48.9 Å². The number of halogens is 1. The Morgan fingerprint density at radius 1 is 1.10 bits per heavy atom. The van der Waals surface area contributed by atoms with Crippen LogP contribution in [0.1, 0.15) is 49.3 Å². The summed E-state index contributed by atoms with van der Waals surface area (Å²) in [6.07, 6.45) is 5.01. The highest BCUT2D eigenvalue weighted by atomic mass is 35.5. The van der Waals surface area contributed by atoms with Crippen LogP contribution in [0.25, 0.3) is 0 Å². The summed E-state index contributed by atoms with van der Waals surface area (Å²) in [5.41, 5.74) is 2.56. The van der Waals surface area contributed by atoms with Crippen LogP contribution in [0, 0.1) is 0 Å². The van der Waals surface area contributed by atoms with Crippen molar-refractivity contribution in [3.05, 3.63) is 58.6 Å². The Labute approximate surface area is 181 Å². The summed E-state index contributed by atoms with van der Waals surface area (Å²) in [5.74, 6) is 1.13. The number of nitrogens with one attached hydrogen (secondary N) is 1. The van der Waals surface area contributed by atoms with E-state index in [1.807, 2.05) is 47.4 Å². The van der Waals surface area contributed by atoms with Crippen molar-refractivity contribution in [2.45, 2.75) is 44.7 Å². The molecule has 1 amide bonds. The quantitative estimate of drug-likeness (QED) is 0.584. The number of guanidine groups is 1. The second kappa shape index (κ2) is 9.49. The lowest BCUT2D eigenvalue weighted by Crippen LogP contribution is -2.33. The van der Waals surface area contributed by atoms with Crippen LogP contribution in [0.2, 0.25) is 5.02 Å². The molecule has 2 heterocycles. The largest absolute Gasteiger partial charge is 0.492 e. The summed E-state index contributed by atoms with van der Waals surface area (Å²) in [7, 11) is 0. The van der Waals surface area contributed by atoms with Crippen molar-refractivity contribution < 1.29 is 14.6 Å². The van der Waals surface area contributed by atoms with Gasteiger partial charge < -0.3 is 14.7 Å². The molecule has 7 heteroatoms. The number of unbranched alkanes of at least 4 members (excludes halogenated alkanes) is 4. The van der Waals surface area contributed by atoms with Gasteiger partial charge in [0.05, 0.1) is 23.9 Å². The van der Waals surface area contributed by atoms with Crippen molar-refractivity contribution in [3.8, 4) is 5.75 Å². The van der Waals surface area contributed by atoms with Gasteiger partial charge in [0.25, 0.3) is 5.91 Å². The molecule has 0 spiro atoms. The molecule has 158 valence electrons. The first-order valence-corrected chi connectivity index (χ1v) is 10.8. The topological polar surface area (TPSA) is 74.2 Å². The standard InChI is InChI=1S/C23H26ClN3O3/c24-20-17-15-27-21(16-9-5-4-6-10-16)22(29)26-23(27)25-18(17)11-12-19(20)30-14-8-3-1-2-7-13-28/h4-6,9-12,21,28H,1-3,7-8,13-15H2,(H,25,26,29). The molecular formula is C23H26ClN3O3. The zero-order valence-corrected chi connectivity index (χ0v) is 17.6. The SMILES string of the molecule is O=C1NC2=Nc3ccc(OCCCCCCCO)c(Cl)c3CN2C1c1ccccc1. The minimum absolute atomic E-state index is 0.0819. The Balaban J connectivity index is 1.45. The van der Waals surface area contributed by atoms with Crippen molar-refractivity contribution in [2.75, 3.05) is 13.2 Å². The molecule has 2 aliphatic heterocycles. The third-order valence-electron chi connectivity index (χ3n) is 5.48. The van der Waals surface area contributed by atoms with Crippen molar-refractivity contribution in [1.82, 2.24) is 10.2 Å². The second-order valence-electron chi connectivity index (χ2n) is 7.58. The number of rotatable bonds is 9. The number of aliphatic hydroxyl groups is 1. The second-order valence-corrected chi connectivity index (χ2v) is 7.96. The molecule has 0 radical (unpaired) electrons. The number of ether oxygens (including phenoxy) is 1. The van der Waals surface area contributed by atoms with Crippen LogP contribution in [-0.4, -0.2) is 35.1 Å². The summed E-state index contributed by atoms with van der Waals surface area (Å²) in [6.45, 7) is 1.35. The average Bonchev–Trinajstić information content (AvgIpc) is 3.08. The number of amides is 1. The molecule has 4 rings (SSSR count). The third kappa shape index (κ3) is 4.30. The van der Waals surface area contributed by atoms with Crippen molar-refractivity contribution in [2.24, 2.45) is 4.99 Å². The Morgan fingerprint density at radius 2 is 1.87 bits per heavy atom. The number of carbonyl (C=O) groups is 1. The molecule has 6 nitrogen and oxygen atoms in total. The van der Waals surface area contributed by atoms with Crippen LogP contribution in [-0.2, 0) is 11.3 Å². The number of benzene rings is 2. The minimum Gasteiger partial charge on any atom is -0.492 e. The first-order valence-electron chi connectivity index (χ1n) is 10.4. The van der Waals surface area contributed by atoms with Gasteiger partial charge in [0.15, 0.2) is 0 Å². The zero-order chi connectivity index (χ0) is 20.9. The van der Waals surface area contributed by atoms with E-state index in [4.69, 9.17) is 21.4 Å². The maximum Gasteiger partial charge on any atom is 0.254 e. The summed E-state index contributed by atoms with van der Waals surface area (Å²) >= 11 is 6.67. The lowest BCUT2D eigenvalue weighted by molar-refractivity contribution is -0.121. The van der Waals surface area contributed by atoms with Gasteiger partial charge in [-0.05, 0) is 30.5 Å². The van der Waals surface area contributed by atoms with Gasteiger partial charge in [-0.25, -0.2) is 4.99 Å². The van der Waals surface area contributed by atoms with Crippen LogP contribution in [0.4, 0.5) is 5.69 Å². The van der Waals surface area contributed by atoms with Crippen LogP contribution < -0.4 is 10.1 Å². The maximum atomic E-state index is 12.6. The number of hydrogen-bond acceptors (Lipinski definition) is 5. The van der Waals surface area contributed by atoms with E-state index >= 15 is 0 Å². The molecule has 1 fully saturated rings. The van der Waals surface area contributed by atoms with Crippen LogP contribution in [0.3, 0.4) is 0 Å². The van der Waals surface area contributed by atoms with E-state index in [1.165, 1.54) is 0 Å². The van der Waals surface area contributed by atoms with Gasteiger partial charge in [-0.1, -0.05) is 61.2 Å². The van der Waals surface area contributed by atoms with Crippen LogP contribution in [0.5, 0.6) is 5.75 Å². The molecule has 0 bridgehead atoms. The Hall–Kier alpha value is -2.57. The number of fused-ring (bicyclic) bond motifs is 2. The van der Waals surface area contributed by atoms with Gasteiger partial charge in [-0.15, -0.1) is 0 Å². The molecule has 1 unspecified atom stereocenters. The number of hydrogen-bond donors (Lipinski definition) is 2. The molecule has 2 aromatic rings. The molecule has 2 N–H and O–H groups in total. The van der Waals surface area contributed by atoms with Gasteiger partial charge in [-0.3, -0.25) is 10.1 Å². The molecular weight excluding hydrogens is 402 g/mol. The smallest absolute Gasteiger partial charge is 0.254 e. The van der Waals surface area contributed by atoms with Gasteiger partial charge in [0, 0.05) is 12.2 Å². The van der Waals surface area contributed by atoms with Gasteiger partial charge in [0.2, 0.25) is 5.96 Å². The molecule has 0 aromatic heterocycles. The summed E-state index contributed by atoms with van der Waals surface area (Å²) in [5, 5.41) is 12.3. The van der Waals surface area contributed by atoms with Crippen LogP contribution in [0.15, 0.2) is 47.5 Å². The lowest BCUT2D eigenvalue weighted by atomic mass is 10.0. The minimum atomic E-state index is -0.419. The van der Waals surface area contributed by atoms with E-state index in [1.54, 1.807) is 0 Å². The van der Waals surface area contributed by atoms with E-state index in [-0.39, 0.29) is 12.5 Å². The van der Waals surface area contributed by atoms with Crippen molar-refractivity contribution >= 4 is 29.2 Å². The lowest BCUT2D eigenvalue weighted by Gasteiger charge is -2.29. The molecule has 2 aromatic carbocycles. The van der Waals surface area contributed by atoms with E-state index in [2.05, 4.69) is 10.3 Å². The fourth-order valence-electron chi connectivity index (χ4n) is 3.91. The predicted octanol–water partition coefficient (Wildman–Crippen LogP) is 4.34. The molecule has 1 atom stereocenters. The van der Waals surface area contributed by atoms with Crippen molar-refractivity contribution in [1.29, 1.82) is 0 Å². The third-order valence-corrected chi connectivity index (χ3v) is 5.89. The highest BCUT2D eigenvalue weighted by molar-refractivity contribution is 6.33. The van der Waals surface area contributed by atoms with Gasteiger partial charge >= 0.3 is 0 Å². The first kappa shape index (κ1) is 20.7. The number of aliphatic imine (C=N–C) groups is 1. The fraction of sp³-hybridized carbons (Fsp3) is 0.391. The zero-order valence-electron chi connectivity index (χ0n) is 16.8. The van der Waals surface area contributed by atoms with Crippen molar-refractivity contribution in [3.63, 3.8) is 0 Å². The van der Waals surface area contributed by atoms with Crippen LogP contribution >= 0.6 is 11.6 Å². The maximum absolute atomic E-state index is 12.6. The van der Waals surface area contributed by atoms with E-state index in [0.29, 0.717) is 29.9 Å². The summed E-state index contributed by atoms with van der Waals surface area (Å²) in [6, 6.07) is 13.0. The molecule has 1 saturated heterocycles. The number of aliphatic hydroxyl groups excluding tert-OH is 1. The van der Waals surface area contributed by atoms with E-state index < -0.39 is 6.04 Å². The Kier molecular flexibility index (Phi) is 6.55. The predicted molar refractivity (Wildman–Crippen MR) is 117 cm³/mol. The van der Waals surface area contributed by atoms with Gasteiger partial charge in [-0.2, -0.15) is 0 Å². The average molecular weight is 428 g/mol. The summed E-state index contributed by atoms with van der Waals surface area (Å²) < 4.78 is 5.92.